The standard InChI is InChI=1S/C25H21ClN2O6S/c1-14-4-5-15(13-20(14)26)21-8-6-19(34-21)7-9-22(29)28-25(35)27-18-11-16(23(30)32-2)10-17(12-18)24(31)33-3/h4-13H,1-3H3,(H2,27,28,29,35)/b9-7+. The molecule has 0 fully saturated rings. The van der Waals surface area contributed by atoms with Gasteiger partial charge in [-0.15, -0.1) is 0 Å². The molecule has 0 spiro atoms. The van der Waals surface area contributed by atoms with Crippen LogP contribution in [0.3, 0.4) is 0 Å². The van der Waals surface area contributed by atoms with Crippen LogP contribution in [0.2, 0.25) is 5.02 Å². The van der Waals surface area contributed by atoms with Crippen molar-refractivity contribution in [1.82, 2.24) is 5.32 Å². The van der Waals surface area contributed by atoms with Crippen LogP contribution in [-0.2, 0) is 14.3 Å². The number of rotatable bonds is 6. The largest absolute Gasteiger partial charge is 0.465 e. The fourth-order valence-electron chi connectivity index (χ4n) is 2.99. The van der Waals surface area contributed by atoms with Gasteiger partial charge in [0, 0.05) is 22.3 Å². The number of nitrogens with one attached hydrogen (secondary N) is 2. The van der Waals surface area contributed by atoms with Gasteiger partial charge in [0.25, 0.3) is 0 Å². The smallest absolute Gasteiger partial charge is 0.337 e. The van der Waals surface area contributed by atoms with E-state index in [1.54, 1.807) is 18.2 Å². The molecule has 1 amide bonds. The van der Waals surface area contributed by atoms with Gasteiger partial charge in [0.1, 0.15) is 11.5 Å². The molecular formula is C25H21ClN2O6S. The van der Waals surface area contributed by atoms with Crippen LogP contribution in [0.15, 0.2) is 59.0 Å². The number of aryl methyl sites for hydroxylation is 1. The minimum absolute atomic E-state index is 0.0492. The number of furan rings is 1. The van der Waals surface area contributed by atoms with Crippen molar-refractivity contribution in [3.63, 3.8) is 0 Å². The van der Waals surface area contributed by atoms with Gasteiger partial charge in [-0.2, -0.15) is 0 Å². The van der Waals surface area contributed by atoms with Crippen LogP contribution in [0.25, 0.3) is 17.4 Å². The average Bonchev–Trinajstić information content (AvgIpc) is 3.32. The van der Waals surface area contributed by atoms with E-state index in [-0.39, 0.29) is 21.9 Å². The lowest BCUT2D eigenvalue weighted by atomic mass is 10.1. The molecule has 0 unspecified atom stereocenters. The molecule has 0 bridgehead atoms. The van der Waals surface area contributed by atoms with E-state index >= 15 is 0 Å². The second-order valence-electron chi connectivity index (χ2n) is 7.22. The van der Waals surface area contributed by atoms with E-state index in [0.717, 1.165) is 11.1 Å². The van der Waals surface area contributed by atoms with Crippen molar-refractivity contribution < 1.29 is 28.3 Å². The Morgan fingerprint density at radius 3 is 2.23 bits per heavy atom. The normalized spacial score (nSPS) is 10.6. The molecule has 1 heterocycles. The number of carbonyl (C=O) groups is 3. The van der Waals surface area contributed by atoms with Crippen LogP contribution in [0.4, 0.5) is 5.69 Å². The summed E-state index contributed by atoms with van der Waals surface area (Å²) in [5.41, 5.74) is 2.28. The Labute approximate surface area is 211 Å². The lowest BCUT2D eigenvalue weighted by Gasteiger charge is -2.11. The zero-order valence-corrected chi connectivity index (χ0v) is 20.6. The van der Waals surface area contributed by atoms with Crippen LogP contribution < -0.4 is 10.6 Å². The Kier molecular flexibility index (Phi) is 8.40. The Hall–Kier alpha value is -3.95. The van der Waals surface area contributed by atoms with Crippen molar-refractivity contribution in [3.8, 4) is 11.3 Å². The van der Waals surface area contributed by atoms with Gasteiger partial charge >= 0.3 is 11.9 Å². The first-order valence-electron chi connectivity index (χ1n) is 10.2. The van der Waals surface area contributed by atoms with Crippen molar-refractivity contribution >= 4 is 58.5 Å². The lowest BCUT2D eigenvalue weighted by molar-refractivity contribution is -0.115. The molecule has 0 aliphatic heterocycles. The second-order valence-corrected chi connectivity index (χ2v) is 8.04. The monoisotopic (exact) mass is 512 g/mol. The van der Waals surface area contributed by atoms with Gasteiger partial charge in [-0.1, -0.05) is 23.7 Å². The molecule has 3 aromatic rings. The first kappa shape index (κ1) is 25.7. The number of amides is 1. The summed E-state index contributed by atoms with van der Waals surface area (Å²) in [7, 11) is 2.44. The zero-order chi connectivity index (χ0) is 25.5. The van der Waals surface area contributed by atoms with Gasteiger partial charge in [-0.3, -0.25) is 10.1 Å². The molecule has 8 nitrogen and oxygen atoms in total. The average molecular weight is 513 g/mol. The van der Waals surface area contributed by atoms with Crippen molar-refractivity contribution in [2.24, 2.45) is 0 Å². The van der Waals surface area contributed by atoms with E-state index in [2.05, 4.69) is 10.6 Å². The molecule has 180 valence electrons. The highest BCUT2D eigenvalue weighted by Gasteiger charge is 2.15. The summed E-state index contributed by atoms with van der Waals surface area (Å²) in [6.45, 7) is 1.91. The van der Waals surface area contributed by atoms with Crippen LogP contribution in [0.5, 0.6) is 0 Å². The van der Waals surface area contributed by atoms with Gasteiger partial charge in [-0.25, -0.2) is 9.59 Å². The number of hydrogen-bond acceptors (Lipinski definition) is 7. The third-order valence-corrected chi connectivity index (χ3v) is 5.36. The molecule has 0 radical (unpaired) electrons. The maximum atomic E-state index is 12.3. The lowest BCUT2D eigenvalue weighted by Crippen LogP contribution is -2.33. The van der Waals surface area contributed by atoms with Crippen LogP contribution >= 0.6 is 23.8 Å². The number of anilines is 1. The van der Waals surface area contributed by atoms with E-state index in [0.29, 0.717) is 16.5 Å². The predicted octanol–water partition coefficient (Wildman–Crippen LogP) is 5.01. The first-order chi connectivity index (χ1) is 16.7. The highest BCUT2D eigenvalue weighted by Crippen LogP contribution is 2.27. The molecule has 0 saturated heterocycles. The first-order valence-corrected chi connectivity index (χ1v) is 11.0. The van der Waals surface area contributed by atoms with Gasteiger partial charge in [0.15, 0.2) is 5.11 Å². The number of thiocarbonyl (C=S) groups is 1. The third kappa shape index (κ3) is 6.78. The Bertz CT molecular complexity index is 1300. The molecule has 35 heavy (non-hydrogen) atoms. The van der Waals surface area contributed by atoms with Gasteiger partial charge < -0.3 is 19.2 Å². The van der Waals surface area contributed by atoms with Gasteiger partial charge in [-0.05, 0) is 67.2 Å². The van der Waals surface area contributed by atoms with Crippen molar-refractivity contribution in [2.45, 2.75) is 6.92 Å². The SMILES string of the molecule is COC(=O)c1cc(NC(=S)NC(=O)/C=C/c2ccc(-c3ccc(C)c(Cl)c3)o2)cc(C(=O)OC)c1. The fourth-order valence-corrected chi connectivity index (χ4v) is 3.39. The minimum Gasteiger partial charge on any atom is -0.465 e. The highest BCUT2D eigenvalue weighted by molar-refractivity contribution is 7.80. The summed E-state index contributed by atoms with van der Waals surface area (Å²) >= 11 is 11.3. The number of carbonyl (C=O) groups excluding carboxylic acids is 3. The molecule has 0 aliphatic carbocycles. The van der Waals surface area contributed by atoms with Gasteiger partial charge in [0.2, 0.25) is 5.91 Å². The second kappa shape index (κ2) is 11.5. The van der Waals surface area contributed by atoms with Crippen LogP contribution in [0.1, 0.15) is 32.0 Å². The molecule has 3 rings (SSSR count). The van der Waals surface area contributed by atoms with Crippen LogP contribution in [-0.4, -0.2) is 37.2 Å². The quantitative estimate of drug-likeness (QED) is 0.270. The number of esters is 2. The minimum atomic E-state index is -0.651. The molecule has 2 N–H and O–H groups in total. The summed E-state index contributed by atoms with van der Waals surface area (Å²) in [6, 6.07) is 13.3. The molecule has 0 saturated carbocycles. The fraction of sp³-hybridized carbons (Fsp3) is 0.120. The van der Waals surface area contributed by atoms with Crippen molar-refractivity contribution in [2.75, 3.05) is 19.5 Å². The number of hydrogen-bond donors (Lipinski definition) is 2. The number of methoxy groups -OCH3 is 2. The Balaban J connectivity index is 1.65. The molecule has 2 aromatic carbocycles. The predicted molar refractivity (Wildman–Crippen MR) is 136 cm³/mol. The molecule has 10 heteroatoms. The molecular weight excluding hydrogens is 492 g/mol. The van der Waals surface area contributed by atoms with E-state index in [9.17, 15) is 14.4 Å². The van der Waals surface area contributed by atoms with Gasteiger partial charge in [0.05, 0.1) is 25.3 Å². The Morgan fingerprint density at radius 2 is 1.63 bits per heavy atom. The molecule has 1 aromatic heterocycles. The van der Waals surface area contributed by atoms with E-state index in [4.69, 9.17) is 37.7 Å². The van der Waals surface area contributed by atoms with E-state index in [1.807, 2.05) is 19.1 Å². The summed E-state index contributed by atoms with van der Waals surface area (Å²) in [6.07, 6.45) is 2.74. The zero-order valence-electron chi connectivity index (χ0n) is 19.0. The third-order valence-electron chi connectivity index (χ3n) is 4.75. The van der Waals surface area contributed by atoms with Crippen LogP contribution in [0, 0.1) is 6.92 Å². The number of halogens is 1. The maximum absolute atomic E-state index is 12.3. The summed E-state index contributed by atoms with van der Waals surface area (Å²) < 4.78 is 15.1. The number of benzene rings is 2. The summed E-state index contributed by atoms with van der Waals surface area (Å²) in [5.74, 6) is -0.753. The van der Waals surface area contributed by atoms with E-state index < -0.39 is 17.8 Å². The topological polar surface area (TPSA) is 107 Å². The molecule has 0 atom stereocenters. The number of ether oxygens (including phenoxy) is 2. The van der Waals surface area contributed by atoms with Crippen molar-refractivity contribution in [1.29, 1.82) is 0 Å². The highest BCUT2D eigenvalue weighted by atomic mass is 35.5. The Morgan fingerprint density at radius 1 is 0.971 bits per heavy atom. The van der Waals surface area contributed by atoms with E-state index in [1.165, 1.54) is 44.6 Å². The summed E-state index contributed by atoms with van der Waals surface area (Å²) in [5, 5.41) is 5.82. The molecule has 0 aliphatic rings. The van der Waals surface area contributed by atoms with Crippen molar-refractivity contribution in [3.05, 3.63) is 82.1 Å². The maximum Gasteiger partial charge on any atom is 0.337 e. The summed E-state index contributed by atoms with van der Waals surface area (Å²) in [4.78, 5) is 36.1.